The van der Waals surface area contributed by atoms with Crippen LogP contribution in [0, 0.1) is 10.1 Å². The van der Waals surface area contributed by atoms with Crippen molar-refractivity contribution in [2.75, 3.05) is 16.8 Å². The molecular formula is C22H16ClN3O5. The summed E-state index contributed by atoms with van der Waals surface area (Å²) >= 11 is 5.80. The van der Waals surface area contributed by atoms with Crippen molar-refractivity contribution in [2.45, 2.75) is 6.92 Å². The number of benzene rings is 3. The van der Waals surface area contributed by atoms with E-state index < -0.39 is 10.8 Å². The van der Waals surface area contributed by atoms with E-state index in [1.54, 1.807) is 29.2 Å². The molecular weight excluding hydrogens is 422 g/mol. The van der Waals surface area contributed by atoms with E-state index in [-0.39, 0.29) is 27.7 Å². The van der Waals surface area contributed by atoms with Crippen molar-refractivity contribution in [3.05, 3.63) is 86.9 Å². The molecule has 4 rings (SSSR count). The zero-order valence-electron chi connectivity index (χ0n) is 16.3. The van der Waals surface area contributed by atoms with Crippen molar-refractivity contribution in [2.24, 2.45) is 0 Å². The Labute approximate surface area is 182 Å². The third-order valence-corrected chi connectivity index (χ3v) is 5.13. The zero-order valence-corrected chi connectivity index (χ0v) is 17.1. The molecule has 3 aromatic rings. The molecule has 0 aromatic heterocycles. The van der Waals surface area contributed by atoms with Crippen molar-refractivity contribution >= 4 is 40.5 Å². The first-order valence-electron chi connectivity index (χ1n) is 9.37. The summed E-state index contributed by atoms with van der Waals surface area (Å²) in [4.78, 5) is 37.8. The fourth-order valence-corrected chi connectivity index (χ4v) is 3.50. The van der Waals surface area contributed by atoms with Gasteiger partial charge >= 0.3 is 0 Å². The minimum atomic E-state index is -0.658. The largest absolute Gasteiger partial charge is 0.454 e. The summed E-state index contributed by atoms with van der Waals surface area (Å²) in [6.07, 6.45) is 0. The van der Waals surface area contributed by atoms with Gasteiger partial charge in [-0.2, -0.15) is 0 Å². The third-order valence-electron chi connectivity index (χ3n) is 4.81. The summed E-state index contributed by atoms with van der Waals surface area (Å²) in [6, 6.07) is 15.7. The molecule has 1 N–H and O–H groups in total. The standard InChI is InChI=1S/C22H16ClN3O5/c1-2-25-17-5-3-4-6-20(17)31-19-10-8-14(12-15(19)22(25)28)24-21(27)13-7-9-16(23)18(11-13)26(29)30/h3-12H,2H2,1H3,(H,24,27). The maximum atomic E-state index is 13.1. The number of hydrogen-bond acceptors (Lipinski definition) is 5. The van der Waals surface area contributed by atoms with E-state index in [0.29, 0.717) is 29.4 Å². The van der Waals surface area contributed by atoms with Crippen molar-refractivity contribution in [3.63, 3.8) is 0 Å². The van der Waals surface area contributed by atoms with Gasteiger partial charge in [0.15, 0.2) is 5.75 Å². The topological polar surface area (TPSA) is 102 Å². The fourth-order valence-electron chi connectivity index (χ4n) is 3.31. The number of para-hydroxylation sites is 2. The van der Waals surface area contributed by atoms with Gasteiger partial charge < -0.3 is 15.0 Å². The Morgan fingerprint density at radius 1 is 1.13 bits per heavy atom. The second-order valence-electron chi connectivity index (χ2n) is 6.71. The molecule has 9 heteroatoms. The Morgan fingerprint density at radius 3 is 2.65 bits per heavy atom. The molecule has 1 aliphatic heterocycles. The van der Waals surface area contributed by atoms with Gasteiger partial charge in [0, 0.05) is 23.9 Å². The lowest BCUT2D eigenvalue weighted by atomic mass is 10.1. The van der Waals surface area contributed by atoms with Crippen LogP contribution in [-0.4, -0.2) is 23.3 Å². The number of carbonyl (C=O) groups is 2. The zero-order chi connectivity index (χ0) is 22.1. The number of nitro groups is 1. The van der Waals surface area contributed by atoms with E-state index in [9.17, 15) is 19.7 Å². The molecule has 0 radical (unpaired) electrons. The quantitative estimate of drug-likeness (QED) is 0.442. The summed E-state index contributed by atoms with van der Waals surface area (Å²) in [5.41, 5.74) is 0.996. The molecule has 1 aliphatic rings. The summed E-state index contributed by atoms with van der Waals surface area (Å²) in [5.74, 6) is 0.0910. The number of nitrogens with zero attached hydrogens (tertiary/aromatic N) is 2. The first-order valence-corrected chi connectivity index (χ1v) is 9.75. The predicted molar refractivity (Wildman–Crippen MR) is 116 cm³/mol. The number of anilines is 2. The highest BCUT2D eigenvalue weighted by molar-refractivity contribution is 6.32. The number of hydrogen-bond donors (Lipinski definition) is 1. The van der Waals surface area contributed by atoms with Gasteiger partial charge in [-0.25, -0.2) is 0 Å². The number of halogens is 1. The smallest absolute Gasteiger partial charge is 0.288 e. The number of amides is 2. The number of fused-ring (bicyclic) bond motifs is 2. The van der Waals surface area contributed by atoms with Gasteiger partial charge in [-0.15, -0.1) is 0 Å². The van der Waals surface area contributed by atoms with Gasteiger partial charge in [0.2, 0.25) is 0 Å². The van der Waals surface area contributed by atoms with E-state index in [4.69, 9.17) is 16.3 Å². The minimum absolute atomic E-state index is 0.0615. The lowest BCUT2D eigenvalue weighted by molar-refractivity contribution is -0.384. The van der Waals surface area contributed by atoms with Crippen LogP contribution in [0.15, 0.2) is 60.7 Å². The Morgan fingerprint density at radius 2 is 1.90 bits per heavy atom. The highest BCUT2D eigenvalue weighted by Crippen LogP contribution is 2.39. The monoisotopic (exact) mass is 437 g/mol. The lowest BCUT2D eigenvalue weighted by Crippen LogP contribution is -2.29. The van der Waals surface area contributed by atoms with Crippen LogP contribution in [0.25, 0.3) is 0 Å². The average Bonchev–Trinajstić information content (AvgIpc) is 2.87. The van der Waals surface area contributed by atoms with Crippen LogP contribution in [0.3, 0.4) is 0 Å². The SMILES string of the molecule is CCN1C(=O)c2cc(NC(=O)c3ccc(Cl)c([N+](=O)[O-])c3)ccc2Oc2ccccc21. The number of ether oxygens (including phenoxy) is 1. The Kier molecular flexibility index (Phi) is 5.31. The van der Waals surface area contributed by atoms with Crippen LogP contribution in [0.4, 0.5) is 17.1 Å². The molecule has 3 aromatic carbocycles. The molecule has 0 saturated carbocycles. The summed E-state index contributed by atoms with van der Waals surface area (Å²) in [5, 5.41) is 13.7. The van der Waals surface area contributed by atoms with Crippen LogP contribution in [-0.2, 0) is 0 Å². The van der Waals surface area contributed by atoms with Gasteiger partial charge in [0.25, 0.3) is 17.5 Å². The predicted octanol–water partition coefficient (Wildman–Crippen LogP) is 5.27. The van der Waals surface area contributed by atoms with Crippen LogP contribution in [0.1, 0.15) is 27.6 Å². The number of rotatable bonds is 4. The molecule has 1 heterocycles. The Bertz CT molecular complexity index is 1230. The molecule has 0 bridgehead atoms. The second kappa shape index (κ2) is 8.08. The van der Waals surface area contributed by atoms with Gasteiger partial charge in [0.1, 0.15) is 10.8 Å². The highest BCUT2D eigenvalue weighted by atomic mass is 35.5. The third kappa shape index (κ3) is 3.80. The summed E-state index contributed by atoms with van der Waals surface area (Å²) in [7, 11) is 0. The number of carbonyl (C=O) groups excluding carboxylic acids is 2. The molecule has 0 saturated heterocycles. The van der Waals surface area contributed by atoms with Crippen LogP contribution < -0.4 is 15.0 Å². The van der Waals surface area contributed by atoms with Crippen molar-refractivity contribution in [1.29, 1.82) is 0 Å². The number of nitrogens with one attached hydrogen (secondary N) is 1. The number of nitro benzene ring substituents is 1. The van der Waals surface area contributed by atoms with Crippen molar-refractivity contribution in [1.82, 2.24) is 0 Å². The maximum absolute atomic E-state index is 13.1. The van der Waals surface area contributed by atoms with E-state index in [0.717, 1.165) is 6.07 Å². The molecule has 0 atom stereocenters. The minimum Gasteiger partial charge on any atom is -0.454 e. The summed E-state index contributed by atoms with van der Waals surface area (Å²) in [6.45, 7) is 2.29. The first kappa shape index (κ1) is 20.4. The van der Waals surface area contributed by atoms with Gasteiger partial charge in [-0.1, -0.05) is 23.7 Å². The lowest BCUT2D eigenvalue weighted by Gasteiger charge is -2.19. The molecule has 0 unspecified atom stereocenters. The van der Waals surface area contributed by atoms with E-state index in [2.05, 4.69) is 5.32 Å². The van der Waals surface area contributed by atoms with Gasteiger partial charge in [-0.3, -0.25) is 19.7 Å². The van der Waals surface area contributed by atoms with Crippen LogP contribution in [0.5, 0.6) is 11.5 Å². The normalized spacial score (nSPS) is 12.3. The second-order valence-corrected chi connectivity index (χ2v) is 7.11. The van der Waals surface area contributed by atoms with Crippen molar-refractivity contribution < 1.29 is 19.2 Å². The molecule has 0 spiro atoms. The Balaban J connectivity index is 1.66. The highest BCUT2D eigenvalue weighted by Gasteiger charge is 2.27. The fraction of sp³-hybridized carbons (Fsp3) is 0.0909. The first-order chi connectivity index (χ1) is 14.9. The van der Waals surface area contributed by atoms with Gasteiger partial charge in [-0.05, 0) is 49.4 Å². The molecule has 156 valence electrons. The molecule has 31 heavy (non-hydrogen) atoms. The van der Waals surface area contributed by atoms with E-state index in [1.807, 2.05) is 19.1 Å². The average molecular weight is 438 g/mol. The van der Waals surface area contributed by atoms with Crippen LogP contribution in [0.2, 0.25) is 5.02 Å². The van der Waals surface area contributed by atoms with Crippen LogP contribution >= 0.6 is 11.6 Å². The Hall–Kier alpha value is -3.91. The molecule has 8 nitrogen and oxygen atoms in total. The summed E-state index contributed by atoms with van der Waals surface area (Å²) < 4.78 is 5.94. The van der Waals surface area contributed by atoms with E-state index in [1.165, 1.54) is 18.2 Å². The van der Waals surface area contributed by atoms with Crippen molar-refractivity contribution in [3.8, 4) is 11.5 Å². The maximum Gasteiger partial charge on any atom is 0.288 e. The molecule has 0 aliphatic carbocycles. The van der Waals surface area contributed by atoms with Gasteiger partial charge in [0.05, 0.1) is 16.2 Å². The molecule has 2 amide bonds. The van der Waals surface area contributed by atoms with E-state index >= 15 is 0 Å². The molecule has 0 fully saturated rings.